The van der Waals surface area contributed by atoms with E-state index in [1.165, 1.54) is 13.2 Å². The van der Waals surface area contributed by atoms with Crippen molar-refractivity contribution < 1.29 is 27.6 Å². The Balaban J connectivity index is 1.79. The minimum absolute atomic E-state index is 0.0207. The van der Waals surface area contributed by atoms with Crippen LogP contribution in [0.4, 0.5) is 5.69 Å². The third-order valence-electron chi connectivity index (χ3n) is 5.37. The molecule has 0 bridgehead atoms. The zero-order valence-electron chi connectivity index (χ0n) is 20.5. The summed E-state index contributed by atoms with van der Waals surface area (Å²) in [6, 6.07) is 14.7. The molecule has 2 atom stereocenters. The van der Waals surface area contributed by atoms with E-state index in [4.69, 9.17) is 18.2 Å². The maximum atomic E-state index is 13.7. The lowest BCUT2D eigenvalue weighted by Crippen LogP contribution is -2.41. The molecule has 10 heteroatoms. The Morgan fingerprint density at radius 2 is 1.86 bits per heavy atom. The van der Waals surface area contributed by atoms with Gasteiger partial charge >= 0.3 is 19.3 Å². The molecule has 0 spiro atoms. The molecule has 0 aliphatic carbocycles. The predicted octanol–water partition coefficient (Wildman–Crippen LogP) is 4.53. The molecule has 9 nitrogen and oxygen atoms in total. The van der Waals surface area contributed by atoms with Gasteiger partial charge in [0.05, 0.1) is 19.4 Å². The van der Waals surface area contributed by atoms with Crippen molar-refractivity contribution in [3.63, 3.8) is 0 Å². The number of benzene rings is 2. The Labute approximate surface area is 204 Å². The molecular weight excluding hydrogens is 471 g/mol. The molecular formula is C25H31N2O7P. The van der Waals surface area contributed by atoms with Crippen LogP contribution in [0.15, 0.2) is 63.8 Å². The lowest BCUT2D eigenvalue weighted by molar-refractivity contribution is -0.143. The second-order valence-electron chi connectivity index (χ2n) is 8.48. The van der Waals surface area contributed by atoms with Crippen LogP contribution < -0.4 is 20.1 Å². The minimum Gasteiger partial charge on any atom is -0.468 e. The lowest BCUT2D eigenvalue weighted by atomic mass is 10.1. The van der Waals surface area contributed by atoms with Crippen LogP contribution in [-0.2, 0) is 18.6 Å². The van der Waals surface area contributed by atoms with Crippen molar-refractivity contribution in [1.29, 1.82) is 0 Å². The standard InChI is InChI=1S/C25H31N2O7P/c1-17(2)24(25(29)31-5)26-35(30,34-19-9-7-6-8-10-19)32-14-13-27(4)21-16-23(28)33-22-15-18(3)11-12-20(21)22/h6-12,15-17,24H,13-14H2,1-5H3,(H,26,30). The number of para-hydroxylation sites is 1. The molecule has 1 N–H and O–H groups in total. The molecule has 3 aromatic rings. The highest BCUT2D eigenvalue weighted by atomic mass is 31.2. The summed E-state index contributed by atoms with van der Waals surface area (Å²) in [7, 11) is -0.933. The number of anilines is 1. The van der Waals surface area contributed by atoms with Crippen LogP contribution in [0, 0.1) is 12.8 Å². The maximum Gasteiger partial charge on any atom is 0.459 e. The van der Waals surface area contributed by atoms with Crippen molar-refractivity contribution in [3.05, 3.63) is 70.6 Å². The Hall–Kier alpha value is -3.13. The number of fused-ring (bicyclic) bond motifs is 1. The van der Waals surface area contributed by atoms with E-state index in [1.807, 2.05) is 24.0 Å². The molecule has 35 heavy (non-hydrogen) atoms. The van der Waals surface area contributed by atoms with Crippen LogP contribution in [0.5, 0.6) is 5.75 Å². The van der Waals surface area contributed by atoms with E-state index in [0.717, 1.165) is 10.9 Å². The first-order valence-corrected chi connectivity index (χ1v) is 12.8. The normalized spacial score (nSPS) is 13.9. The van der Waals surface area contributed by atoms with Crippen LogP contribution in [0.25, 0.3) is 11.0 Å². The lowest BCUT2D eigenvalue weighted by Gasteiger charge is -2.27. The number of nitrogens with one attached hydrogen (secondary N) is 1. The number of aryl methyl sites for hydroxylation is 1. The first-order chi connectivity index (χ1) is 16.6. The van der Waals surface area contributed by atoms with Gasteiger partial charge in [-0.3, -0.25) is 9.32 Å². The third-order valence-corrected chi connectivity index (χ3v) is 6.93. The summed E-state index contributed by atoms with van der Waals surface area (Å²) in [5.41, 5.74) is 1.64. The van der Waals surface area contributed by atoms with Gasteiger partial charge in [-0.25, -0.2) is 9.36 Å². The van der Waals surface area contributed by atoms with Crippen molar-refractivity contribution in [2.24, 2.45) is 5.92 Å². The van der Waals surface area contributed by atoms with Gasteiger partial charge < -0.3 is 18.6 Å². The smallest absolute Gasteiger partial charge is 0.459 e. The fourth-order valence-electron chi connectivity index (χ4n) is 3.47. The third kappa shape index (κ3) is 6.94. The molecule has 0 saturated heterocycles. The van der Waals surface area contributed by atoms with Gasteiger partial charge in [-0.2, -0.15) is 5.09 Å². The molecule has 0 radical (unpaired) electrons. The van der Waals surface area contributed by atoms with Gasteiger partial charge in [0.15, 0.2) is 0 Å². The summed E-state index contributed by atoms with van der Waals surface area (Å²) in [6.45, 7) is 5.76. The van der Waals surface area contributed by atoms with Gasteiger partial charge in [0.25, 0.3) is 0 Å². The number of hydrogen-bond acceptors (Lipinski definition) is 8. The Kier molecular flexibility index (Phi) is 8.72. The van der Waals surface area contributed by atoms with Gasteiger partial charge in [0.1, 0.15) is 17.4 Å². The van der Waals surface area contributed by atoms with E-state index < -0.39 is 25.4 Å². The van der Waals surface area contributed by atoms with Crippen molar-refractivity contribution >= 4 is 30.4 Å². The molecule has 2 unspecified atom stereocenters. The van der Waals surface area contributed by atoms with E-state index in [0.29, 0.717) is 17.0 Å². The average molecular weight is 503 g/mol. The van der Waals surface area contributed by atoms with Gasteiger partial charge in [-0.05, 0) is 42.7 Å². The highest BCUT2D eigenvalue weighted by Gasteiger charge is 2.36. The van der Waals surface area contributed by atoms with Crippen molar-refractivity contribution in [2.75, 3.05) is 32.2 Å². The molecule has 0 aliphatic rings. The average Bonchev–Trinajstić information content (AvgIpc) is 2.81. The van der Waals surface area contributed by atoms with Crippen molar-refractivity contribution in [3.8, 4) is 5.75 Å². The van der Waals surface area contributed by atoms with Gasteiger partial charge in [-0.15, -0.1) is 0 Å². The number of ether oxygens (including phenoxy) is 1. The van der Waals surface area contributed by atoms with Gasteiger partial charge in [0, 0.05) is 25.0 Å². The number of methoxy groups -OCH3 is 1. The van der Waals surface area contributed by atoms with Crippen LogP contribution in [0.1, 0.15) is 19.4 Å². The number of hydrogen-bond donors (Lipinski definition) is 1. The number of likely N-dealkylation sites (N-methyl/N-ethyl adjacent to an activating group) is 1. The zero-order valence-corrected chi connectivity index (χ0v) is 21.4. The number of carbonyl (C=O) groups excluding carboxylic acids is 1. The topological polar surface area (TPSA) is 107 Å². The number of esters is 1. The van der Waals surface area contributed by atoms with E-state index in [2.05, 4.69) is 5.09 Å². The number of carbonyl (C=O) groups is 1. The molecule has 1 aromatic heterocycles. The first kappa shape index (κ1) is 26.5. The molecule has 0 saturated carbocycles. The number of nitrogens with zero attached hydrogens (tertiary/aromatic N) is 1. The summed E-state index contributed by atoms with van der Waals surface area (Å²) >= 11 is 0. The van der Waals surface area contributed by atoms with E-state index in [-0.39, 0.29) is 19.1 Å². The summed E-state index contributed by atoms with van der Waals surface area (Å²) in [6.07, 6.45) is 0. The Bertz CT molecular complexity index is 1260. The summed E-state index contributed by atoms with van der Waals surface area (Å²) in [5.74, 6) is -0.485. The molecule has 3 rings (SSSR count). The van der Waals surface area contributed by atoms with Crippen molar-refractivity contribution in [1.82, 2.24) is 5.09 Å². The summed E-state index contributed by atoms with van der Waals surface area (Å²) in [4.78, 5) is 26.2. The molecule has 2 aromatic carbocycles. The molecule has 0 fully saturated rings. The second kappa shape index (κ2) is 11.5. The molecule has 0 aliphatic heterocycles. The van der Waals surface area contributed by atoms with Crippen LogP contribution in [-0.4, -0.2) is 39.3 Å². The number of rotatable bonds is 11. The fourth-order valence-corrected chi connectivity index (χ4v) is 5.11. The second-order valence-corrected chi connectivity index (χ2v) is 10.2. The predicted molar refractivity (Wildman–Crippen MR) is 135 cm³/mol. The fraction of sp³-hybridized carbons (Fsp3) is 0.360. The van der Waals surface area contributed by atoms with Crippen LogP contribution in [0.3, 0.4) is 0 Å². The minimum atomic E-state index is -3.99. The summed E-state index contributed by atoms with van der Waals surface area (Å²) in [5, 5.41) is 3.51. The van der Waals surface area contributed by atoms with Gasteiger partial charge in [0.2, 0.25) is 0 Å². The van der Waals surface area contributed by atoms with Crippen LogP contribution in [0.2, 0.25) is 0 Å². The van der Waals surface area contributed by atoms with Crippen molar-refractivity contribution in [2.45, 2.75) is 26.8 Å². The quantitative estimate of drug-likeness (QED) is 0.230. The molecule has 188 valence electrons. The molecule has 0 amide bonds. The summed E-state index contributed by atoms with van der Waals surface area (Å²) < 4.78 is 35.3. The zero-order chi connectivity index (χ0) is 25.6. The molecule has 1 heterocycles. The highest BCUT2D eigenvalue weighted by molar-refractivity contribution is 7.52. The van der Waals surface area contributed by atoms with E-state index in [9.17, 15) is 14.2 Å². The Morgan fingerprint density at radius 1 is 1.14 bits per heavy atom. The SMILES string of the molecule is COC(=O)C(NP(=O)(OCCN(C)c1cc(=O)oc2cc(C)ccc12)Oc1ccccc1)C(C)C. The van der Waals surface area contributed by atoms with Gasteiger partial charge in [-0.1, -0.05) is 38.1 Å². The monoisotopic (exact) mass is 502 g/mol. The van der Waals surface area contributed by atoms with E-state index in [1.54, 1.807) is 57.3 Å². The maximum absolute atomic E-state index is 13.7. The Morgan fingerprint density at radius 3 is 2.51 bits per heavy atom. The highest BCUT2D eigenvalue weighted by Crippen LogP contribution is 2.45. The van der Waals surface area contributed by atoms with E-state index >= 15 is 0 Å². The largest absolute Gasteiger partial charge is 0.468 e. The first-order valence-electron chi connectivity index (χ1n) is 11.2. The van der Waals surface area contributed by atoms with Crippen LogP contribution >= 0.6 is 7.75 Å².